The maximum Gasteiger partial charge on any atom is 0.407 e. The Morgan fingerprint density at radius 3 is 2.82 bits per heavy atom. The van der Waals surface area contributed by atoms with Gasteiger partial charge in [-0.3, -0.25) is 14.7 Å². The highest BCUT2D eigenvalue weighted by Crippen LogP contribution is 2.38. The molecule has 2 aromatic rings. The molecule has 1 aliphatic heterocycles. The first kappa shape index (κ1) is 25.7. The van der Waals surface area contributed by atoms with Crippen LogP contribution in [0.25, 0.3) is 0 Å². The number of hydrogen-bond donors (Lipinski definition) is 3. The largest absolute Gasteiger partial charge is 0.446 e. The van der Waals surface area contributed by atoms with Gasteiger partial charge in [-0.25, -0.2) is 9.18 Å². The van der Waals surface area contributed by atoms with Crippen molar-refractivity contribution in [1.29, 1.82) is 5.26 Å². The monoisotopic (exact) mass is 522 g/mol. The first-order valence-corrected chi connectivity index (χ1v) is 13.1. The molecular weight excluding hydrogens is 491 g/mol. The SMILES string of the molecule is CC(C(=O)Nc1cc([C@H]2CC[C@@H](OC(=O)NC3(C)CC3)C2)[nH]n1)c1ccc(N2CCCC2=O)c(F)c1C#N. The van der Waals surface area contributed by atoms with Crippen molar-refractivity contribution in [3.8, 4) is 6.07 Å². The summed E-state index contributed by atoms with van der Waals surface area (Å²) in [5.41, 5.74) is 0.761. The molecule has 5 rings (SSSR count). The van der Waals surface area contributed by atoms with E-state index in [2.05, 4.69) is 20.8 Å². The number of benzene rings is 1. The first-order valence-electron chi connectivity index (χ1n) is 13.1. The summed E-state index contributed by atoms with van der Waals surface area (Å²) >= 11 is 0. The van der Waals surface area contributed by atoms with Gasteiger partial charge >= 0.3 is 6.09 Å². The average molecular weight is 523 g/mol. The molecule has 1 aromatic carbocycles. The molecule has 38 heavy (non-hydrogen) atoms. The molecule has 10 nitrogen and oxygen atoms in total. The number of nitrogens with zero attached hydrogens (tertiary/aromatic N) is 3. The highest BCUT2D eigenvalue weighted by molar-refractivity contribution is 5.97. The van der Waals surface area contributed by atoms with Crippen LogP contribution in [0.15, 0.2) is 18.2 Å². The van der Waals surface area contributed by atoms with Crippen LogP contribution in [0.3, 0.4) is 0 Å². The number of amides is 3. The Morgan fingerprint density at radius 1 is 1.34 bits per heavy atom. The van der Waals surface area contributed by atoms with Crippen molar-refractivity contribution in [2.24, 2.45) is 0 Å². The summed E-state index contributed by atoms with van der Waals surface area (Å²) in [4.78, 5) is 38.5. The molecule has 0 radical (unpaired) electrons. The maximum atomic E-state index is 15.2. The smallest absolute Gasteiger partial charge is 0.407 e. The Bertz CT molecular complexity index is 1310. The van der Waals surface area contributed by atoms with Crippen LogP contribution >= 0.6 is 0 Å². The minimum atomic E-state index is -0.835. The summed E-state index contributed by atoms with van der Waals surface area (Å²) in [6, 6.07) is 6.59. The summed E-state index contributed by atoms with van der Waals surface area (Å²) in [7, 11) is 0. The quantitative estimate of drug-likeness (QED) is 0.498. The summed E-state index contributed by atoms with van der Waals surface area (Å²) < 4.78 is 20.8. The standard InChI is InChI=1S/C27H31FN6O4/c1-15(18-7-8-21(24(28)19(18)14-29)34-11-3-4-23(34)35)25(36)30-22-13-20(32-33-22)16-5-6-17(12-16)38-26(37)31-27(2)9-10-27/h7-8,13,15-17H,3-6,9-12H2,1-2H3,(H,31,37)(H2,30,32,33,36)/t15?,16-,17+/m0/s1. The Hall–Kier alpha value is -3.94. The molecule has 3 aliphatic rings. The molecule has 1 saturated heterocycles. The molecule has 2 heterocycles. The van der Waals surface area contributed by atoms with Crippen LogP contribution in [0.2, 0.25) is 0 Å². The van der Waals surface area contributed by atoms with Gasteiger partial charge in [-0.05, 0) is 64.0 Å². The Balaban J connectivity index is 1.20. The topological polar surface area (TPSA) is 140 Å². The van der Waals surface area contributed by atoms with Crippen LogP contribution in [0, 0.1) is 17.1 Å². The van der Waals surface area contributed by atoms with Crippen molar-refractivity contribution in [3.05, 3.63) is 40.8 Å². The molecule has 11 heteroatoms. The van der Waals surface area contributed by atoms with Gasteiger partial charge in [0, 0.05) is 36.2 Å². The van der Waals surface area contributed by atoms with E-state index in [9.17, 15) is 19.6 Å². The summed E-state index contributed by atoms with van der Waals surface area (Å²) in [5, 5.41) is 22.4. The van der Waals surface area contributed by atoms with Crippen LogP contribution in [0.1, 0.15) is 87.4 Å². The summed E-state index contributed by atoms with van der Waals surface area (Å²) in [6.07, 6.45) is 4.57. The zero-order chi connectivity index (χ0) is 27.0. The lowest BCUT2D eigenvalue weighted by Gasteiger charge is -2.20. The number of ether oxygens (including phenoxy) is 1. The van der Waals surface area contributed by atoms with Crippen molar-refractivity contribution in [2.45, 2.75) is 82.3 Å². The predicted octanol–water partition coefficient (Wildman–Crippen LogP) is 4.20. The lowest BCUT2D eigenvalue weighted by Crippen LogP contribution is -2.36. The van der Waals surface area contributed by atoms with Gasteiger partial charge in [0.25, 0.3) is 0 Å². The van der Waals surface area contributed by atoms with Gasteiger partial charge < -0.3 is 20.3 Å². The molecular formula is C27H31FN6O4. The van der Waals surface area contributed by atoms with E-state index < -0.39 is 17.6 Å². The maximum absolute atomic E-state index is 15.2. The Kier molecular flexibility index (Phi) is 6.82. The normalized spacial score (nSPS) is 22.6. The number of carbonyl (C=O) groups is 3. The highest BCUT2D eigenvalue weighted by atomic mass is 19.1. The van der Waals surface area contributed by atoms with E-state index in [1.54, 1.807) is 13.0 Å². The second-order valence-electron chi connectivity index (χ2n) is 10.8. The molecule has 3 fully saturated rings. The van der Waals surface area contributed by atoms with Gasteiger partial charge in [0.15, 0.2) is 11.6 Å². The van der Waals surface area contributed by atoms with Gasteiger partial charge in [-0.2, -0.15) is 10.4 Å². The molecule has 0 bridgehead atoms. The van der Waals surface area contributed by atoms with Crippen molar-refractivity contribution in [3.63, 3.8) is 0 Å². The van der Waals surface area contributed by atoms with Crippen LogP contribution in [0.4, 0.5) is 20.7 Å². The average Bonchev–Trinajstić information content (AvgIpc) is 3.28. The lowest BCUT2D eigenvalue weighted by atomic mass is 9.94. The van der Waals surface area contributed by atoms with Gasteiger partial charge in [0.05, 0.1) is 17.2 Å². The number of aromatic nitrogens is 2. The number of nitrogens with one attached hydrogen (secondary N) is 3. The van der Waals surface area contributed by atoms with Crippen LogP contribution in [0.5, 0.6) is 0 Å². The minimum Gasteiger partial charge on any atom is -0.446 e. The van der Waals surface area contributed by atoms with Crippen LogP contribution < -0.4 is 15.5 Å². The second kappa shape index (κ2) is 10.1. The van der Waals surface area contributed by atoms with Gasteiger partial charge in [-0.15, -0.1) is 0 Å². The molecule has 2 saturated carbocycles. The molecule has 200 valence electrons. The van der Waals surface area contributed by atoms with E-state index in [0.717, 1.165) is 31.4 Å². The fourth-order valence-electron chi connectivity index (χ4n) is 5.22. The fourth-order valence-corrected chi connectivity index (χ4v) is 5.22. The van der Waals surface area contributed by atoms with Gasteiger partial charge in [0.1, 0.15) is 12.2 Å². The van der Waals surface area contributed by atoms with Gasteiger partial charge in [-0.1, -0.05) is 6.07 Å². The minimum absolute atomic E-state index is 0.0652. The number of alkyl carbamates (subject to hydrolysis) is 1. The van der Waals surface area contributed by atoms with Crippen molar-refractivity contribution >= 4 is 29.4 Å². The van der Waals surface area contributed by atoms with Crippen LogP contribution in [-0.2, 0) is 14.3 Å². The third-order valence-electron chi connectivity index (χ3n) is 7.84. The van der Waals surface area contributed by atoms with Crippen molar-refractivity contribution in [1.82, 2.24) is 15.5 Å². The Labute approximate surface area is 219 Å². The predicted molar refractivity (Wildman–Crippen MR) is 136 cm³/mol. The number of H-pyrrole nitrogens is 1. The van der Waals surface area contributed by atoms with E-state index >= 15 is 4.39 Å². The zero-order valence-electron chi connectivity index (χ0n) is 21.5. The first-order chi connectivity index (χ1) is 18.2. The second-order valence-corrected chi connectivity index (χ2v) is 10.8. The van der Waals surface area contributed by atoms with E-state index in [0.29, 0.717) is 31.6 Å². The lowest BCUT2D eigenvalue weighted by molar-refractivity contribution is -0.118. The summed E-state index contributed by atoms with van der Waals surface area (Å²) in [5.74, 6) is -1.82. The number of rotatable bonds is 7. The van der Waals surface area contributed by atoms with E-state index in [4.69, 9.17) is 4.74 Å². The van der Waals surface area contributed by atoms with Gasteiger partial charge in [0.2, 0.25) is 11.8 Å². The number of halogens is 1. The number of anilines is 2. The molecule has 3 N–H and O–H groups in total. The molecule has 1 aromatic heterocycles. The summed E-state index contributed by atoms with van der Waals surface area (Å²) in [6.45, 7) is 3.99. The third kappa shape index (κ3) is 5.21. The number of nitriles is 1. The molecule has 0 spiro atoms. The molecule has 1 unspecified atom stereocenters. The van der Waals surface area contributed by atoms with Crippen LogP contribution in [-0.4, -0.2) is 46.3 Å². The third-order valence-corrected chi connectivity index (χ3v) is 7.84. The number of carbonyl (C=O) groups excluding carboxylic acids is 3. The number of hydrogen-bond acceptors (Lipinski definition) is 6. The fraction of sp³-hybridized carbons (Fsp3) is 0.519. The van der Waals surface area contributed by atoms with Crippen molar-refractivity contribution < 1.29 is 23.5 Å². The van der Waals surface area contributed by atoms with E-state index in [1.807, 2.05) is 13.0 Å². The van der Waals surface area contributed by atoms with E-state index in [-0.39, 0.29) is 46.4 Å². The van der Waals surface area contributed by atoms with Crippen molar-refractivity contribution in [2.75, 3.05) is 16.8 Å². The molecule has 2 aliphatic carbocycles. The Morgan fingerprint density at radius 2 is 2.13 bits per heavy atom. The molecule has 3 atom stereocenters. The number of aromatic amines is 1. The molecule has 3 amide bonds. The van der Waals surface area contributed by atoms with E-state index in [1.165, 1.54) is 17.0 Å². The zero-order valence-corrected chi connectivity index (χ0v) is 21.5. The highest BCUT2D eigenvalue weighted by Gasteiger charge is 2.40.